The van der Waals surface area contributed by atoms with E-state index >= 15 is 0 Å². The number of nitrogens with two attached hydrogens (primary N) is 1. The Morgan fingerprint density at radius 1 is 1.38 bits per heavy atom. The minimum Gasteiger partial charge on any atom is -0.382 e. The number of ether oxygens (including phenoxy) is 1. The van der Waals surface area contributed by atoms with Gasteiger partial charge in [0.1, 0.15) is 16.6 Å². The number of nitrogens with one attached hydrogen (secondary N) is 1. The van der Waals surface area contributed by atoms with E-state index in [2.05, 4.69) is 9.97 Å². The number of hydrogen-bond donors (Lipinski definition) is 2. The molecule has 1 fully saturated rings. The Morgan fingerprint density at radius 3 is 2.69 bits per heavy atom. The summed E-state index contributed by atoms with van der Waals surface area (Å²) in [7, 11) is 0. The van der Waals surface area contributed by atoms with Crippen LogP contribution < -0.4 is 5.73 Å². The molecule has 0 bridgehead atoms. The lowest BCUT2D eigenvalue weighted by molar-refractivity contribution is 0.1000. The quantitative estimate of drug-likeness (QED) is 0.607. The lowest BCUT2D eigenvalue weighted by Gasteiger charge is -2.20. The molecule has 0 spiro atoms. The topological polar surface area (TPSA) is 84.9 Å². The van der Waals surface area contributed by atoms with Crippen molar-refractivity contribution in [2.24, 2.45) is 5.73 Å². The SMILES string of the molecule is N=C(N)c1cnc(SC2CCOCC2)cn1. The van der Waals surface area contributed by atoms with E-state index < -0.39 is 0 Å². The highest BCUT2D eigenvalue weighted by Gasteiger charge is 2.15. The maximum Gasteiger partial charge on any atom is 0.143 e. The Morgan fingerprint density at radius 2 is 2.12 bits per heavy atom. The van der Waals surface area contributed by atoms with Crippen molar-refractivity contribution in [1.29, 1.82) is 5.41 Å². The standard InChI is InChI=1S/C10H14N4OS/c11-10(12)8-5-14-9(6-13-8)16-7-1-3-15-4-2-7/h5-7H,1-4H2,(H3,11,12). The van der Waals surface area contributed by atoms with Crippen LogP contribution in [0.15, 0.2) is 17.4 Å². The summed E-state index contributed by atoms with van der Waals surface area (Å²) in [6, 6.07) is 0. The molecule has 0 saturated carbocycles. The highest BCUT2D eigenvalue weighted by molar-refractivity contribution is 7.99. The first-order valence-corrected chi connectivity index (χ1v) is 6.04. The van der Waals surface area contributed by atoms with E-state index in [0.717, 1.165) is 31.1 Å². The molecule has 1 aliphatic heterocycles. The molecule has 1 aromatic rings. The average Bonchev–Trinajstić information content (AvgIpc) is 2.31. The van der Waals surface area contributed by atoms with Gasteiger partial charge in [0, 0.05) is 18.5 Å². The monoisotopic (exact) mass is 238 g/mol. The van der Waals surface area contributed by atoms with E-state index in [1.807, 2.05) is 0 Å². The molecule has 0 amide bonds. The molecule has 0 atom stereocenters. The minimum absolute atomic E-state index is 0.0462. The van der Waals surface area contributed by atoms with Crippen molar-refractivity contribution in [2.45, 2.75) is 23.1 Å². The normalized spacial score (nSPS) is 17.2. The van der Waals surface area contributed by atoms with E-state index in [4.69, 9.17) is 15.9 Å². The van der Waals surface area contributed by atoms with Gasteiger partial charge in [-0.2, -0.15) is 0 Å². The Balaban J connectivity index is 1.96. The fraction of sp³-hybridized carbons (Fsp3) is 0.500. The van der Waals surface area contributed by atoms with E-state index in [1.165, 1.54) is 0 Å². The van der Waals surface area contributed by atoms with Gasteiger partial charge >= 0.3 is 0 Å². The second-order valence-electron chi connectivity index (χ2n) is 3.58. The van der Waals surface area contributed by atoms with Crippen molar-refractivity contribution in [3.8, 4) is 0 Å². The first kappa shape index (κ1) is 11.3. The Bertz CT molecular complexity index is 362. The van der Waals surface area contributed by atoms with E-state index in [1.54, 1.807) is 24.2 Å². The summed E-state index contributed by atoms with van der Waals surface area (Å²) < 4.78 is 5.29. The molecule has 0 radical (unpaired) electrons. The largest absolute Gasteiger partial charge is 0.382 e. The van der Waals surface area contributed by atoms with Crippen molar-refractivity contribution in [2.75, 3.05) is 13.2 Å². The van der Waals surface area contributed by atoms with Crippen LogP contribution in [0.1, 0.15) is 18.5 Å². The molecule has 1 aliphatic rings. The number of nitrogens with zero attached hydrogens (tertiary/aromatic N) is 2. The fourth-order valence-electron chi connectivity index (χ4n) is 1.48. The van der Waals surface area contributed by atoms with E-state index in [-0.39, 0.29) is 5.84 Å². The first-order valence-electron chi connectivity index (χ1n) is 5.16. The van der Waals surface area contributed by atoms with Gasteiger partial charge in [-0.3, -0.25) is 5.41 Å². The van der Waals surface area contributed by atoms with Gasteiger partial charge in [-0.25, -0.2) is 9.97 Å². The van der Waals surface area contributed by atoms with Gasteiger partial charge in [-0.1, -0.05) is 0 Å². The highest BCUT2D eigenvalue weighted by Crippen LogP contribution is 2.27. The minimum atomic E-state index is -0.0462. The van der Waals surface area contributed by atoms with Crippen molar-refractivity contribution in [1.82, 2.24) is 9.97 Å². The molecule has 3 N–H and O–H groups in total. The molecule has 1 aromatic heterocycles. The van der Waals surface area contributed by atoms with E-state index in [0.29, 0.717) is 10.9 Å². The summed E-state index contributed by atoms with van der Waals surface area (Å²) in [5, 5.41) is 8.66. The van der Waals surface area contributed by atoms with Gasteiger partial charge < -0.3 is 10.5 Å². The van der Waals surface area contributed by atoms with E-state index in [9.17, 15) is 0 Å². The van der Waals surface area contributed by atoms with Crippen molar-refractivity contribution >= 4 is 17.6 Å². The molecule has 16 heavy (non-hydrogen) atoms. The Kier molecular flexibility index (Phi) is 3.74. The van der Waals surface area contributed by atoms with Crippen molar-refractivity contribution in [3.05, 3.63) is 18.1 Å². The van der Waals surface area contributed by atoms with Gasteiger partial charge in [0.2, 0.25) is 0 Å². The average molecular weight is 238 g/mol. The smallest absolute Gasteiger partial charge is 0.143 e. The van der Waals surface area contributed by atoms with Crippen LogP contribution in [0.4, 0.5) is 0 Å². The van der Waals surface area contributed by atoms with Crippen molar-refractivity contribution < 1.29 is 4.74 Å². The zero-order valence-corrected chi connectivity index (χ0v) is 9.67. The molecule has 0 aliphatic carbocycles. The Labute approximate surface area is 98.3 Å². The summed E-state index contributed by atoms with van der Waals surface area (Å²) in [6.45, 7) is 1.66. The van der Waals surface area contributed by atoms with Crippen LogP contribution in [0, 0.1) is 5.41 Å². The molecule has 0 unspecified atom stereocenters. The number of nitrogen functional groups attached to an aromatic ring is 1. The first-order chi connectivity index (χ1) is 7.75. The van der Waals surface area contributed by atoms with Crippen LogP contribution in [-0.4, -0.2) is 34.3 Å². The maximum absolute atomic E-state index is 7.21. The van der Waals surface area contributed by atoms with Crippen LogP contribution >= 0.6 is 11.8 Å². The molecule has 5 nitrogen and oxygen atoms in total. The number of aromatic nitrogens is 2. The van der Waals surface area contributed by atoms with Crippen LogP contribution in [0.5, 0.6) is 0 Å². The number of thioether (sulfide) groups is 1. The van der Waals surface area contributed by atoms with Gasteiger partial charge in [0.25, 0.3) is 0 Å². The molecular formula is C10H14N4OS. The molecule has 0 aromatic carbocycles. The third-order valence-corrected chi connectivity index (χ3v) is 3.62. The molecular weight excluding hydrogens is 224 g/mol. The lowest BCUT2D eigenvalue weighted by atomic mass is 10.2. The summed E-state index contributed by atoms with van der Waals surface area (Å²) in [6.07, 6.45) is 5.34. The fourth-order valence-corrected chi connectivity index (χ4v) is 2.48. The third-order valence-electron chi connectivity index (χ3n) is 2.36. The van der Waals surface area contributed by atoms with Crippen LogP contribution in [0.2, 0.25) is 0 Å². The van der Waals surface area contributed by atoms with Gasteiger partial charge in [0.15, 0.2) is 0 Å². The summed E-state index contributed by atoms with van der Waals surface area (Å²) in [4.78, 5) is 8.31. The number of hydrogen-bond acceptors (Lipinski definition) is 5. The lowest BCUT2D eigenvalue weighted by Crippen LogP contribution is -2.18. The third kappa shape index (κ3) is 2.93. The van der Waals surface area contributed by atoms with Crippen molar-refractivity contribution in [3.63, 3.8) is 0 Å². The van der Waals surface area contributed by atoms with Crippen LogP contribution in [-0.2, 0) is 4.74 Å². The zero-order chi connectivity index (χ0) is 11.4. The van der Waals surface area contributed by atoms with Gasteiger partial charge in [-0.15, -0.1) is 11.8 Å². The maximum atomic E-state index is 7.21. The molecule has 6 heteroatoms. The summed E-state index contributed by atoms with van der Waals surface area (Å²) >= 11 is 1.72. The van der Waals surface area contributed by atoms with Gasteiger partial charge in [0.05, 0.1) is 12.4 Å². The van der Waals surface area contributed by atoms with Gasteiger partial charge in [-0.05, 0) is 12.8 Å². The van der Waals surface area contributed by atoms with Crippen LogP contribution in [0.25, 0.3) is 0 Å². The highest BCUT2D eigenvalue weighted by atomic mass is 32.2. The second kappa shape index (κ2) is 5.27. The summed E-state index contributed by atoms with van der Waals surface area (Å²) in [5.74, 6) is -0.0462. The second-order valence-corrected chi connectivity index (χ2v) is 4.90. The number of amidine groups is 1. The molecule has 2 rings (SSSR count). The predicted molar refractivity (Wildman–Crippen MR) is 62.7 cm³/mol. The molecule has 86 valence electrons. The van der Waals surface area contributed by atoms with Crippen LogP contribution in [0.3, 0.4) is 0 Å². The number of rotatable bonds is 3. The predicted octanol–water partition coefficient (Wildman–Crippen LogP) is 1.03. The zero-order valence-electron chi connectivity index (χ0n) is 8.85. The summed E-state index contributed by atoms with van der Waals surface area (Å²) in [5.41, 5.74) is 5.73. The Hall–Kier alpha value is -1.14. The molecule has 2 heterocycles. The molecule has 1 saturated heterocycles.